The van der Waals surface area contributed by atoms with E-state index in [1.165, 1.54) is 25.5 Å². The molecule has 1 fully saturated rings. The number of piperazine rings is 1. The molecule has 0 spiro atoms. The summed E-state index contributed by atoms with van der Waals surface area (Å²) in [5.74, 6) is 0. The largest absolute Gasteiger partial charge is 0.382 e. The highest BCUT2D eigenvalue weighted by Gasteiger charge is 2.23. The number of H-pyrrole nitrogens is 1. The third kappa shape index (κ3) is 12.2. The standard InChI is InChI=1S/C21H27N5O2.C9H14N2O.C8H14/c1-4-5-17(13-23-26-8-6-25(15-28)7-9-26)18-10-19(14-27)20(12-22)21(11-18)24-16(2)3;1-6-4-7(2)11-9(12)8(6)5-10-3;1-3-5-8(2)6-4-7-8/h4-5,10-16,22,24H,1,6-9H2,2-3H3;4,10H,5H2,1-3H3,(H,11,12);4,6H,3,5,7H2,1-2H3/b17-5+,22-12?,23-13-;;. The minimum absolute atomic E-state index is 0.0156. The topological polar surface area (TPSA) is 134 Å². The van der Waals surface area contributed by atoms with Crippen molar-refractivity contribution in [1.29, 1.82) is 5.41 Å². The second-order valence-corrected chi connectivity index (χ2v) is 12.8. The number of nitrogens with one attached hydrogen (secondary N) is 4. The number of hydrogen-bond donors (Lipinski definition) is 4. The van der Waals surface area contributed by atoms with E-state index in [-0.39, 0.29) is 11.6 Å². The van der Waals surface area contributed by atoms with Crippen LogP contribution in [-0.2, 0) is 11.3 Å². The fraction of sp³-hybridized carbons (Fsp3) is 0.447. The van der Waals surface area contributed by atoms with Crippen molar-refractivity contribution < 1.29 is 9.59 Å². The summed E-state index contributed by atoms with van der Waals surface area (Å²) < 4.78 is 0. The van der Waals surface area contributed by atoms with Crippen LogP contribution >= 0.6 is 0 Å². The Kier molecular flexibility index (Phi) is 16.5. The smallest absolute Gasteiger partial charge is 0.252 e. The number of carbonyl (C=O) groups excluding carboxylic acids is 2. The Morgan fingerprint density at radius 1 is 1.17 bits per heavy atom. The van der Waals surface area contributed by atoms with Crippen LogP contribution in [-0.4, -0.2) is 79.3 Å². The minimum atomic E-state index is 0.0156. The van der Waals surface area contributed by atoms with Gasteiger partial charge in [0.15, 0.2) is 6.29 Å². The van der Waals surface area contributed by atoms with Gasteiger partial charge in [-0.2, -0.15) is 5.10 Å². The third-order valence-corrected chi connectivity index (χ3v) is 8.13. The normalized spacial score (nSPS) is 17.1. The molecule has 1 aliphatic carbocycles. The van der Waals surface area contributed by atoms with Crippen molar-refractivity contribution in [2.75, 3.05) is 38.5 Å². The average Bonchev–Trinajstić information content (AvgIpc) is 3.04. The van der Waals surface area contributed by atoms with Gasteiger partial charge in [0.05, 0.1) is 19.3 Å². The Balaban J connectivity index is 0.000000324. The lowest BCUT2D eigenvalue weighted by molar-refractivity contribution is -0.119. The fourth-order valence-electron chi connectivity index (χ4n) is 5.50. The molecule has 2 aliphatic rings. The molecule has 0 saturated carbocycles. The summed E-state index contributed by atoms with van der Waals surface area (Å²) in [6.07, 6.45) is 16.6. The van der Waals surface area contributed by atoms with Gasteiger partial charge in [0, 0.05) is 65.5 Å². The summed E-state index contributed by atoms with van der Waals surface area (Å²) in [6, 6.07) is 5.81. The molecule has 1 unspecified atom stereocenters. The number of benzene rings is 1. The molecule has 48 heavy (non-hydrogen) atoms. The molecule has 4 rings (SSSR count). The van der Waals surface area contributed by atoms with Crippen LogP contribution in [0.2, 0.25) is 0 Å². The Labute approximate surface area is 286 Å². The molecule has 2 aromatic rings. The van der Waals surface area contributed by atoms with Gasteiger partial charge in [0.25, 0.3) is 5.56 Å². The number of rotatable bonds is 13. The highest BCUT2D eigenvalue weighted by atomic mass is 16.1. The van der Waals surface area contributed by atoms with Gasteiger partial charge in [-0.1, -0.05) is 51.2 Å². The predicted octanol–water partition coefficient (Wildman–Crippen LogP) is 6.11. The summed E-state index contributed by atoms with van der Waals surface area (Å²) in [5, 5.41) is 20.4. The monoisotopic (exact) mass is 657 g/mol. The SMILES string of the molecule is C=C/C=C(\C=N/N1CCN(C=O)CC1)c1cc(C=O)c(C=N)c(NC(C)C)c1.CCCC1(C)C=CC1.CNCc1c(C)cc(C)[nH]c1=O. The molecule has 1 saturated heterocycles. The van der Waals surface area contributed by atoms with Crippen molar-refractivity contribution in [1.82, 2.24) is 20.2 Å². The van der Waals surface area contributed by atoms with Gasteiger partial charge in [-0.15, -0.1) is 0 Å². The maximum absolute atomic E-state index is 11.6. The molecule has 1 amide bonds. The van der Waals surface area contributed by atoms with Crippen LogP contribution in [0.15, 0.2) is 59.0 Å². The molecule has 1 aromatic carbocycles. The van der Waals surface area contributed by atoms with E-state index in [0.717, 1.165) is 46.3 Å². The highest BCUT2D eigenvalue weighted by molar-refractivity contribution is 6.11. The van der Waals surface area contributed by atoms with Gasteiger partial charge >= 0.3 is 0 Å². The summed E-state index contributed by atoms with van der Waals surface area (Å²) >= 11 is 0. The van der Waals surface area contributed by atoms with E-state index in [1.807, 2.05) is 58.0 Å². The highest BCUT2D eigenvalue weighted by Crippen LogP contribution is 2.36. The molecule has 1 aliphatic heterocycles. The maximum Gasteiger partial charge on any atom is 0.252 e. The van der Waals surface area contributed by atoms with Crippen LogP contribution in [0.1, 0.15) is 85.3 Å². The van der Waals surface area contributed by atoms with Crippen LogP contribution < -0.4 is 16.2 Å². The quantitative estimate of drug-likeness (QED) is 0.0889. The number of nitrogens with zero attached hydrogens (tertiary/aromatic N) is 3. The van der Waals surface area contributed by atoms with Crippen LogP contribution in [0.4, 0.5) is 5.69 Å². The molecule has 0 bridgehead atoms. The first-order chi connectivity index (χ1) is 22.9. The number of aromatic nitrogens is 1. The molecule has 10 nitrogen and oxygen atoms in total. The number of allylic oxidation sites excluding steroid dienone is 5. The van der Waals surface area contributed by atoms with E-state index in [0.29, 0.717) is 49.3 Å². The van der Waals surface area contributed by atoms with E-state index < -0.39 is 0 Å². The summed E-state index contributed by atoms with van der Waals surface area (Å²) in [5.41, 5.74) is 6.74. The van der Waals surface area contributed by atoms with Gasteiger partial charge in [0.1, 0.15) is 0 Å². The van der Waals surface area contributed by atoms with E-state index in [1.54, 1.807) is 23.3 Å². The number of hydrogen-bond acceptors (Lipinski definition) is 8. The zero-order chi connectivity index (χ0) is 35.7. The van der Waals surface area contributed by atoms with Crippen LogP contribution in [0.5, 0.6) is 0 Å². The summed E-state index contributed by atoms with van der Waals surface area (Å²) in [4.78, 5) is 38.2. The number of anilines is 1. The van der Waals surface area contributed by atoms with Crippen LogP contribution in [0.3, 0.4) is 0 Å². The minimum Gasteiger partial charge on any atom is -0.382 e. The Morgan fingerprint density at radius 2 is 1.85 bits per heavy atom. The molecule has 0 radical (unpaired) electrons. The lowest BCUT2D eigenvalue weighted by Gasteiger charge is -2.30. The Morgan fingerprint density at radius 3 is 2.31 bits per heavy atom. The maximum atomic E-state index is 11.6. The average molecular weight is 658 g/mol. The van der Waals surface area contributed by atoms with E-state index in [9.17, 15) is 14.4 Å². The zero-order valence-electron chi connectivity index (χ0n) is 29.9. The molecule has 10 heteroatoms. The molecule has 2 heterocycles. The van der Waals surface area contributed by atoms with Gasteiger partial charge in [-0.25, -0.2) is 0 Å². The van der Waals surface area contributed by atoms with E-state index in [2.05, 4.69) is 53.3 Å². The van der Waals surface area contributed by atoms with Gasteiger partial charge in [-0.05, 0) is 82.3 Å². The first-order valence-electron chi connectivity index (χ1n) is 16.7. The molecule has 260 valence electrons. The first kappa shape index (κ1) is 39.6. The van der Waals surface area contributed by atoms with Gasteiger partial charge < -0.3 is 25.9 Å². The van der Waals surface area contributed by atoms with E-state index in [4.69, 9.17) is 5.41 Å². The number of amides is 1. The molecular formula is C38H55N7O3. The van der Waals surface area contributed by atoms with Crippen LogP contribution in [0, 0.1) is 24.7 Å². The number of aldehydes is 1. The van der Waals surface area contributed by atoms with Crippen molar-refractivity contribution in [3.05, 3.63) is 92.9 Å². The number of aromatic amines is 1. The number of carbonyl (C=O) groups is 2. The number of pyridine rings is 1. The molecular weight excluding hydrogens is 602 g/mol. The van der Waals surface area contributed by atoms with Gasteiger partial charge in [0.2, 0.25) is 6.41 Å². The predicted molar refractivity (Wildman–Crippen MR) is 200 cm³/mol. The molecule has 4 N–H and O–H groups in total. The molecule has 1 aromatic heterocycles. The zero-order valence-corrected chi connectivity index (χ0v) is 29.9. The fourth-order valence-corrected chi connectivity index (χ4v) is 5.50. The van der Waals surface area contributed by atoms with Crippen molar-refractivity contribution in [3.8, 4) is 0 Å². The Bertz CT molecular complexity index is 1530. The number of aryl methyl sites for hydroxylation is 2. The van der Waals surface area contributed by atoms with Crippen molar-refractivity contribution in [2.24, 2.45) is 10.5 Å². The lowest BCUT2D eigenvalue weighted by atomic mass is 9.75. The van der Waals surface area contributed by atoms with Crippen molar-refractivity contribution in [3.63, 3.8) is 0 Å². The second kappa shape index (κ2) is 19.9. The second-order valence-electron chi connectivity index (χ2n) is 12.8. The van der Waals surface area contributed by atoms with Crippen molar-refractivity contribution in [2.45, 2.75) is 73.4 Å². The summed E-state index contributed by atoms with van der Waals surface area (Å²) in [6.45, 7) is 19.4. The van der Waals surface area contributed by atoms with Crippen molar-refractivity contribution >= 4 is 36.4 Å². The first-order valence-corrected chi connectivity index (χ1v) is 16.7. The number of hydrazone groups is 1. The lowest BCUT2D eigenvalue weighted by Crippen LogP contribution is -2.43. The van der Waals surface area contributed by atoms with E-state index >= 15 is 0 Å². The summed E-state index contributed by atoms with van der Waals surface area (Å²) in [7, 11) is 1.83. The van der Waals surface area contributed by atoms with Crippen LogP contribution in [0.25, 0.3) is 5.57 Å². The third-order valence-electron chi connectivity index (χ3n) is 8.13. The Hall–Kier alpha value is -4.57. The molecule has 1 atom stereocenters. The van der Waals surface area contributed by atoms with Gasteiger partial charge in [-0.3, -0.25) is 19.4 Å².